The lowest BCUT2D eigenvalue weighted by Crippen LogP contribution is -2.62. The second-order valence-corrected chi connectivity index (χ2v) is 11.9. The third kappa shape index (κ3) is 5.00. The van der Waals surface area contributed by atoms with E-state index in [4.69, 9.17) is 4.74 Å². The summed E-state index contributed by atoms with van der Waals surface area (Å²) >= 11 is 0. The van der Waals surface area contributed by atoms with Gasteiger partial charge in [0.2, 0.25) is 0 Å². The number of aromatic amines is 1. The molecule has 2 saturated heterocycles. The van der Waals surface area contributed by atoms with Crippen LogP contribution in [0.4, 0.5) is 5.69 Å². The van der Waals surface area contributed by atoms with Crippen LogP contribution in [-0.4, -0.2) is 89.4 Å². The average molecular weight is 551 g/mol. The van der Waals surface area contributed by atoms with Gasteiger partial charge in [0.05, 0.1) is 24.4 Å². The van der Waals surface area contributed by atoms with Crippen LogP contribution in [0.1, 0.15) is 42.5 Å². The van der Waals surface area contributed by atoms with E-state index in [1.807, 2.05) is 35.4 Å². The molecule has 8 nitrogen and oxygen atoms in total. The first kappa shape index (κ1) is 26.2. The molecule has 0 atom stereocenters. The summed E-state index contributed by atoms with van der Waals surface area (Å²) in [6.07, 6.45) is 8.53. The fraction of sp³-hybridized carbons (Fsp3) is 0.424. The Morgan fingerprint density at radius 3 is 2.37 bits per heavy atom. The molecule has 2 aromatic heterocycles. The maximum atomic E-state index is 12.9. The number of benzene rings is 2. The van der Waals surface area contributed by atoms with Gasteiger partial charge < -0.3 is 24.4 Å². The van der Waals surface area contributed by atoms with Crippen molar-refractivity contribution in [1.29, 1.82) is 0 Å². The molecule has 1 amide bonds. The van der Waals surface area contributed by atoms with Crippen molar-refractivity contribution in [2.75, 3.05) is 57.9 Å². The monoisotopic (exact) mass is 550 g/mol. The molecular weight excluding hydrogens is 512 g/mol. The number of ether oxygens (including phenoxy) is 1. The van der Waals surface area contributed by atoms with Crippen LogP contribution in [-0.2, 0) is 4.74 Å². The smallest absolute Gasteiger partial charge is 0.254 e. The largest absolute Gasteiger partial charge is 0.378 e. The lowest BCUT2D eigenvalue weighted by atomic mass is 9.78. The maximum Gasteiger partial charge on any atom is 0.254 e. The molecule has 8 heteroatoms. The highest BCUT2D eigenvalue weighted by Crippen LogP contribution is 2.40. The van der Waals surface area contributed by atoms with Gasteiger partial charge >= 0.3 is 0 Å². The quantitative estimate of drug-likeness (QED) is 0.376. The standard InChI is InChI=1S/C33H38N6O2/c1-37-15-16-39(33(23-37)13-3-2-4-14-33)27-11-9-25(10-12-27)30-21-28-29(22-34-31(28)36-35-30)24-5-7-26(8-6-24)32(40)38-17-19-41-20-18-38/h5-12,21-22H,2-4,13-20,23H2,1H3,(H,34,36). The first-order valence-corrected chi connectivity index (χ1v) is 15.0. The summed E-state index contributed by atoms with van der Waals surface area (Å²) < 4.78 is 5.39. The molecule has 4 heterocycles. The average Bonchev–Trinajstić information content (AvgIpc) is 3.45. The van der Waals surface area contributed by atoms with Crippen molar-refractivity contribution in [2.45, 2.75) is 37.6 Å². The predicted molar refractivity (Wildman–Crippen MR) is 162 cm³/mol. The van der Waals surface area contributed by atoms with Crippen molar-refractivity contribution in [3.05, 3.63) is 66.4 Å². The first-order valence-electron chi connectivity index (χ1n) is 15.0. The number of morpholine rings is 1. The zero-order valence-electron chi connectivity index (χ0n) is 23.8. The number of anilines is 1. The van der Waals surface area contributed by atoms with E-state index in [-0.39, 0.29) is 11.4 Å². The van der Waals surface area contributed by atoms with Gasteiger partial charge in [-0.1, -0.05) is 43.5 Å². The number of hydrogen-bond donors (Lipinski definition) is 1. The Morgan fingerprint density at radius 1 is 0.878 bits per heavy atom. The molecule has 0 bridgehead atoms. The Morgan fingerprint density at radius 2 is 1.61 bits per heavy atom. The Hall–Kier alpha value is -3.75. The van der Waals surface area contributed by atoms with E-state index >= 15 is 0 Å². The van der Waals surface area contributed by atoms with E-state index in [0.29, 0.717) is 31.9 Å². The van der Waals surface area contributed by atoms with Crippen molar-refractivity contribution in [3.63, 3.8) is 0 Å². The number of hydrogen-bond acceptors (Lipinski definition) is 6. The third-order valence-electron chi connectivity index (χ3n) is 9.28. The molecule has 2 aromatic carbocycles. The zero-order chi connectivity index (χ0) is 27.8. The van der Waals surface area contributed by atoms with Crippen LogP contribution in [0.3, 0.4) is 0 Å². The first-order chi connectivity index (χ1) is 20.1. The number of aromatic nitrogens is 3. The molecule has 1 N–H and O–H groups in total. The van der Waals surface area contributed by atoms with Gasteiger partial charge in [0.1, 0.15) is 0 Å². The number of rotatable bonds is 4. The molecule has 2 aliphatic heterocycles. The SMILES string of the molecule is CN1CCN(c2ccc(-c3cc4c(-c5ccc(C(=O)N6CCOCC6)cc5)c[nH]c4nn3)cc2)C2(CCCCC2)C1. The molecule has 0 unspecified atom stereocenters. The molecule has 4 aromatic rings. The number of carbonyl (C=O) groups excluding carboxylic acids is 1. The van der Waals surface area contributed by atoms with Crippen molar-refractivity contribution in [1.82, 2.24) is 25.0 Å². The highest BCUT2D eigenvalue weighted by molar-refractivity contribution is 5.97. The molecule has 1 saturated carbocycles. The van der Waals surface area contributed by atoms with Gasteiger partial charge in [-0.3, -0.25) is 4.79 Å². The molecule has 1 aliphatic carbocycles. The summed E-state index contributed by atoms with van der Waals surface area (Å²) in [7, 11) is 2.26. The minimum absolute atomic E-state index is 0.0568. The number of amides is 1. The predicted octanol–water partition coefficient (Wildman–Crippen LogP) is 5.22. The van der Waals surface area contributed by atoms with Crippen LogP contribution < -0.4 is 4.90 Å². The Balaban J connectivity index is 1.13. The van der Waals surface area contributed by atoms with Gasteiger partial charge in [-0.2, -0.15) is 0 Å². The van der Waals surface area contributed by atoms with Crippen LogP contribution in [0.5, 0.6) is 0 Å². The molecule has 41 heavy (non-hydrogen) atoms. The van der Waals surface area contributed by atoms with E-state index in [1.165, 1.54) is 37.8 Å². The van der Waals surface area contributed by atoms with Crippen molar-refractivity contribution < 1.29 is 9.53 Å². The molecule has 3 aliphatic rings. The fourth-order valence-corrected chi connectivity index (χ4v) is 7.07. The van der Waals surface area contributed by atoms with Crippen LogP contribution in [0.2, 0.25) is 0 Å². The van der Waals surface area contributed by atoms with Crippen LogP contribution in [0, 0.1) is 0 Å². The van der Waals surface area contributed by atoms with E-state index in [1.54, 1.807) is 0 Å². The molecule has 3 fully saturated rings. The Bertz CT molecular complexity index is 1520. The Kier molecular flexibility index (Phi) is 6.96. The van der Waals surface area contributed by atoms with Gasteiger partial charge in [-0.25, -0.2) is 0 Å². The Labute approximate surface area is 241 Å². The highest BCUT2D eigenvalue weighted by Gasteiger charge is 2.41. The van der Waals surface area contributed by atoms with Crippen molar-refractivity contribution in [2.24, 2.45) is 0 Å². The molecular formula is C33H38N6O2. The van der Waals surface area contributed by atoms with Gasteiger partial charge in [-0.05, 0) is 55.8 Å². The highest BCUT2D eigenvalue weighted by atomic mass is 16.5. The summed E-state index contributed by atoms with van der Waals surface area (Å²) in [5, 5.41) is 10.1. The minimum atomic E-state index is 0.0568. The van der Waals surface area contributed by atoms with Crippen molar-refractivity contribution in [3.8, 4) is 22.4 Å². The van der Waals surface area contributed by atoms with Gasteiger partial charge in [0.25, 0.3) is 5.91 Å². The van der Waals surface area contributed by atoms with Gasteiger partial charge in [0, 0.05) is 66.7 Å². The summed E-state index contributed by atoms with van der Waals surface area (Å²) in [6.45, 7) is 5.80. The zero-order valence-corrected chi connectivity index (χ0v) is 23.8. The van der Waals surface area contributed by atoms with E-state index in [9.17, 15) is 4.79 Å². The summed E-state index contributed by atoms with van der Waals surface area (Å²) in [5.41, 5.74) is 7.03. The van der Waals surface area contributed by atoms with Gasteiger partial charge in [0.15, 0.2) is 5.65 Å². The minimum Gasteiger partial charge on any atom is -0.378 e. The number of nitrogens with one attached hydrogen (secondary N) is 1. The molecule has 0 radical (unpaired) electrons. The number of carbonyl (C=O) groups is 1. The second kappa shape index (κ2) is 10.9. The normalized spacial score (nSPS) is 19.6. The van der Waals surface area contributed by atoms with Crippen LogP contribution in [0.25, 0.3) is 33.4 Å². The van der Waals surface area contributed by atoms with E-state index < -0.39 is 0 Å². The fourth-order valence-electron chi connectivity index (χ4n) is 7.07. The van der Waals surface area contributed by atoms with Crippen molar-refractivity contribution >= 4 is 22.6 Å². The molecule has 212 valence electrons. The topological polar surface area (TPSA) is 77.6 Å². The van der Waals surface area contributed by atoms with E-state index in [0.717, 1.165) is 53.1 Å². The summed E-state index contributed by atoms with van der Waals surface area (Å²) in [5.74, 6) is 0.0568. The number of nitrogens with zero attached hydrogens (tertiary/aromatic N) is 5. The lowest BCUT2D eigenvalue weighted by molar-refractivity contribution is 0.0303. The van der Waals surface area contributed by atoms with Gasteiger partial charge in [-0.15, -0.1) is 10.2 Å². The maximum absolute atomic E-state index is 12.9. The van der Waals surface area contributed by atoms with Crippen LogP contribution in [0.15, 0.2) is 60.8 Å². The number of likely N-dealkylation sites (N-methyl/N-ethyl adjacent to an activating group) is 1. The second-order valence-electron chi connectivity index (χ2n) is 11.9. The van der Waals surface area contributed by atoms with Crippen LogP contribution >= 0.6 is 0 Å². The number of fused-ring (bicyclic) bond motifs is 1. The summed E-state index contributed by atoms with van der Waals surface area (Å²) in [4.78, 5) is 23.2. The number of piperazine rings is 1. The molecule has 7 rings (SSSR count). The summed E-state index contributed by atoms with van der Waals surface area (Å²) in [6, 6.07) is 18.9. The molecule has 1 spiro atoms. The van der Waals surface area contributed by atoms with E-state index in [2.05, 4.69) is 62.4 Å². The number of H-pyrrole nitrogens is 1. The third-order valence-corrected chi connectivity index (χ3v) is 9.28. The lowest BCUT2D eigenvalue weighted by Gasteiger charge is -2.53.